The van der Waals surface area contributed by atoms with Crippen LogP contribution in [0.2, 0.25) is 0 Å². The van der Waals surface area contributed by atoms with E-state index >= 15 is 0 Å². The molecule has 0 aromatic heterocycles. The number of halogens is 1. The molecule has 2 heterocycles. The standard InChI is InChI=1S/C15H28N2O.ClH/c1-12(2)13-5-4-9-17(10-7-13)15(18)11-14-6-3-8-16-14;/h12-14,16H,3-11H2,1-2H3;1H. The summed E-state index contributed by atoms with van der Waals surface area (Å²) in [6.45, 7) is 7.67. The third-order valence-corrected chi connectivity index (χ3v) is 4.65. The zero-order chi connectivity index (χ0) is 13.0. The Hall–Kier alpha value is -0.280. The SMILES string of the molecule is CC(C)C1CCCN(C(=O)CC2CCCN2)CC1.Cl. The fourth-order valence-corrected chi connectivity index (χ4v) is 3.31. The van der Waals surface area contributed by atoms with Gasteiger partial charge in [0.1, 0.15) is 0 Å². The predicted octanol–water partition coefficient (Wildman–Crippen LogP) is 2.84. The van der Waals surface area contributed by atoms with E-state index < -0.39 is 0 Å². The van der Waals surface area contributed by atoms with Gasteiger partial charge in [-0.15, -0.1) is 12.4 Å². The van der Waals surface area contributed by atoms with Gasteiger partial charge in [-0.3, -0.25) is 4.79 Å². The van der Waals surface area contributed by atoms with Gasteiger partial charge in [-0.05, 0) is 50.5 Å². The van der Waals surface area contributed by atoms with Crippen LogP contribution >= 0.6 is 12.4 Å². The maximum Gasteiger partial charge on any atom is 0.224 e. The Morgan fingerprint density at radius 2 is 2.00 bits per heavy atom. The molecule has 0 aromatic rings. The predicted molar refractivity (Wildman–Crippen MR) is 81.6 cm³/mol. The average molecular weight is 289 g/mol. The summed E-state index contributed by atoms with van der Waals surface area (Å²) in [5.74, 6) is 1.95. The molecule has 3 nitrogen and oxygen atoms in total. The van der Waals surface area contributed by atoms with Crippen LogP contribution in [-0.2, 0) is 4.79 Å². The monoisotopic (exact) mass is 288 g/mol. The fourth-order valence-electron chi connectivity index (χ4n) is 3.31. The zero-order valence-corrected chi connectivity index (χ0v) is 13.2. The smallest absolute Gasteiger partial charge is 0.224 e. The first kappa shape index (κ1) is 16.8. The van der Waals surface area contributed by atoms with Crippen LogP contribution in [0.4, 0.5) is 0 Å². The van der Waals surface area contributed by atoms with Gasteiger partial charge in [0, 0.05) is 25.6 Å². The third-order valence-electron chi connectivity index (χ3n) is 4.65. The molecule has 1 amide bonds. The molecule has 2 fully saturated rings. The Kier molecular flexibility index (Phi) is 7.16. The minimum absolute atomic E-state index is 0. The average Bonchev–Trinajstić information content (AvgIpc) is 2.70. The van der Waals surface area contributed by atoms with Crippen LogP contribution in [0.1, 0.15) is 52.4 Å². The van der Waals surface area contributed by atoms with Gasteiger partial charge < -0.3 is 10.2 Å². The minimum Gasteiger partial charge on any atom is -0.343 e. The highest BCUT2D eigenvalue weighted by Gasteiger charge is 2.25. The Morgan fingerprint density at radius 1 is 1.21 bits per heavy atom. The molecular formula is C15H29ClN2O. The highest BCUT2D eigenvalue weighted by Crippen LogP contribution is 2.25. The number of carbonyl (C=O) groups is 1. The van der Waals surface area contributed by atoms with Gasteiger partial charge in [0.2, 0.25) is 5.91 Å². The zero-order valence-electron chi connectivity index (χ0n) is 12.4. The highest BCUT2D eigenvalue weighted by molar-refractivity contribution is 5.85. The quantitative estimate of drug-likeness (QED) is 0.866. The van der Waals surface area contributed by atoms with Gasteiger partial charge >= 0.3 is 0 Å². The van der Waals surface area contributed by atoms with Crippen LogP contribution in [0.15, 0.2) is 0 Å². The Balaban J connectivity index is 0.00000180. The van der Waals surface area contributed by atoms with E-state index in [1.165, 1.54) is 32.1 Å². The number of hydrogen-bond acceptors (Lipinski definition) is 2. The van der Waals surface area contributed by atoms with Crippen molar-refractivity contribution in [2.24, 2.45) is 11.8 Å². The summed E-state index contributed by atoms with van der Waals surface area (Å²) in [6, 6.07) is 0.446. The Bertz CT molecular complexity index is 277. The molecule has 1 N–H and O–H groups in total. The minimum atomic E-state index is 0. The summed E-state index contributed by atoms with van der Waals surface area (Å²) in [7, 11) is 0. The molecule has 0 bridgehead atoms. The van der Waals surface area contributed by atoms with E-state index in [0.29, 0.717) is 18.4 Å². The van der Waals surface area contributed by atoms with Crippen LogP contribution in [0.3, 0.4) is 0 Å². The van der Waals surface area contributed by atoms with Crippen LogP contribution in [0.5, 0.6) is 0 Å². The molecular weight excluding hydrogens is 260 g/mol. The number of hydrogen-bond donors (Lipinski definition) is 1. The number of carbonyl (C=O) groups excluding carboxylic acids is 1. The van der Waals surface area contributed by atoms with Crippen molar-refractivity contribution in [1.82, 2.24) is 10.2 Å². The van der Waals surface area contributed by atoms with Gasteiger partial charge in [0.05, 0.1) is 0 Å². The van der Waals surface area contributed by atoms with E-state index in [9.17, 15) is 4.79 Å². The van der Waals surface area contributed by atoms with Crippen molar-refractivity contribution in [3.63, 3.8) is 0 Å². The molecule has 2 aliphatic rings. The van der Waals surface area contributed by atoms with E-state index in [4.69, 9.17) is 0 Å². The summed E-state index contributed by atoms with van der Waals surface area (Å²) in [6.07, 6.45) is 6.80. The molecule has 2 atom stereocenters. The molecule has 2 rings (SSSR count). The molecule has 2 unspecified atom stereocenters. The first-order valence-electron chi connectivity index (χ1n) is 7.68. The lowest BCUT2D eigenvalue weighted by Gasteiger charge is -2.23. The number of nitrogens with one attached hydrogen (secondary N) is 1. The van der Waals surface area contributed by atoms with Crippen LogP contribution < -0.4 is 5.32 Å². The molecule has 0 radical (unpaired) electrons. The summed E-state index contributed by atoms with van der Waals surface area (Å²) in [4.78, 5) is 14.4. The van der Waals surface area contributed by atoms with Crippen molar-refractivity contribution in [2.75, 3.05) is 19.6 Å². The van der Waals surface area contributed by atoms with Crippen molar-refractivity contribution >= 4 is 18.3 Å². The summed E-state index contributed by atoms with van der Waals surface area (Å²) < 4.78 is 0. The lowest BCUT2D eigenvalue weighted by molar-refractivity contribution is -0.131. The first-order valence-corrected chi connectivity index (χ1v) is 7.68. The maximum atomic E-state index is 12.3. The van der Waals surface area contributed by atoms with Gasteiger partial charge in [-0.25, -0.2) is 0 Å². The molecule has 0 saturated carbocycles. The third kappa shape index (κ3) is 4.96. The van der Waals surface area contributed by atoms with Crippen molar-refractivity contribution < 1.29 is 4.79 Å². The number of amides is 1. The molecule has 0 aromatic carbocycles. The first-order chi connectivity index (χ1) is 8.66. The van der Waals surface area contributed by atoms with Crippen LogP contribution in [-0.4, -0.2) is 36.5 Å². The molecule has 4 heteroatoms. The largest absolute Gasteiger partial charge is 0.343 e. The second kappa shape index (κ2) is 8.11. The van der Waals surface area contributed by atoms with Gasteiger partial charge in [-0.1, -0.05) is 13.8 Å². The molecule has 112 valence electrons. The highest BCUT2D eigenvalue weighted by atomic mass is 35.5. The molecule has 0 spiro atoms. The van der Waals surface area contributed by atoms with E-state index in [-0.39, 0.29) is 12.4 Å². The molecule has 0 aliphatic carbocycles. The normalized spacial score (nSPS) is 28.1. The maximum absolute atomic E-state index is 12.3. The topological polar surface area (TPSA) is 32.3 Å². The Labute approximate surface area is 123 Å². The second-order valence-electron chi connectivity index (χ2n) is 6.31. The fraction of sp³-hybridized carbons (Fsp3) is 0.933. The number of nitrogens with zero attached hydrogens (tertiary/aromatic N) is 1. The van der Waals surface area contributed by atoms with Crippen molar-refractivity contribution in [1.29, 1.82) is 0 Å². The van der Waals surface area contributed by atoms with Gasteiger partial charge in [0.25, 0.3) is 0 Å². The van der Waals surface area contributed by atoms with Crippen LogP contribution in [0, 0.1) is 11.8 Å². The lowest BCUT2D eigenvalue weighted by Crippen LogP contribution is -2.36. The van der Waals surface area contributed by atoms with Crippen molar-refractivity contribution in [2.45, 2.75) is 58.4 Å². The van der Waals surface area contributed by atoms with Gasteiger partial charge in [-0.2, -0.15) is 0 Å². The Morgan fingerprint density at radius 3 is 2.63 bits per heavy atom. The van der Waals surface area contributed by atoms with Crippen LogP contribution in [0.25, 0.3) is 0 Å². The molecule has 19 heavy (non-hydrogen) atoms. The summed E-state index contributed by atoms with van der Waals surface area (Å²) >= 11 is 0. The van der Waals surface area contributed by atoms with E-state index in [2.05, 4.69) is 24.1 Å². The van der Waals surface area contributed by atoms with E-state index in [1.54, 1.807) is 0 Å². The second-order valence-corrected chi connectivity index (χ2v) is 6.31. The van der Waals surface area contributed by atoms with Gasteiger partial charge in [0.15, 0.2) is 0 Å². The molecule has 2 saturated heterocycles. The van der Waals surface area contributed by atoms with E-state index in [0.717, 1.165) is 31.5 Å². The number of rotatable bonds is 3. The van der Waals surface area contributed by atoms with E-state index in [1.807, 2.05) is 0 Å². The summed E-state index contributed by atoms with van der Waals surface area (Å²) in [5, 5.41) is 3.42. The molecule has 2 aliphatic heterocycles. The van der Waals surface area contributed by atoms with Crippen molar-refractivity contribution in [3.8, 4) is 0 Å². The summed E-state index contributed by atoms with van der Waals surface area (Å²) in [5.41, 5.74) is 0. The number of likely N-dealkylation sites (tertiary alicyclic amines) is 1. The lowest BCUT2D eigenvalue weighted by atomic mass is 9.89. The van der Waals surface area contributed by atoms with Crippen molar-refractivity contribution in [3.05, 3.63) is 0 Å².